The number of aromatic nitrogens is 2. The fourth-order valence-electron chi connectivity index (χ4n) is 5.95. The summed E-state index contributed by atoms with van der Waals surface area (Å²) >= 11 is 0. The second-order valence-corrected chi connectivity index (χ2v) is 9.99. The minimum atomic E-state index is 0.410. The van der Waals surface area contributed by atoms with Crippen molar-refractivity contribution >= 4 is 11.7 Å². The Morgan fingerprint density at radius 2 is 2.00 bits per heavy atom. The van der Waals surface area contributed by atoms with Crippen LogP contribution in [0.5, 0.6) is 0 Å². The lowest BCUT2D eigenvalue weighted by Gasteiger charge is -2.57. The molecule has 3 saturated heterocycles. The molecule has 4 heterocycles. The topological polar surface area (TPSA) is 49.3 Å². The molecule has 29 heavy (non-hydrogen) atoms. The highest BCUT2D eigenvalue weighted by atomic mass is 16.2. The minimum Gasteiger partial charge on any atom is -0.356 e. The molecule has 0 radical (unpaired) electrons. The number of amides is 1. The lowest BCUT2D eigenvalue weighted by atomic mass is 9.71. The number of hydrogen-bond donors (Lipinski definition) is 0. The minimum absolute atomic E-state index is 0.410. The molecule has 0 saturated carbocycles. The summed E-state index contributed by atoms with van der Waals surface area (Å²) in [7, 11) is 0. The van der Waals surface area contributed by atoms with Gasteiger partial charge < -0.3 is 9.80 Å². The molecule has 1 aromatic heterocycles. The number of fused-ring (bicyclic) bond motifs is 4. The third-order valence-electron chi connectivity index (χ3n) is 7.22. The summed E-state index contributed by atoms with van der Waals surface area (Å²) in [6.45, 7) is 10.9. The van der Waals surface area contributed by atoms with Crippen molar-refractivity contribution in [2.75, 3.05) is 18.0 Å². The van der Waals surface area contributed by atoms with Crippen LogP contribution in [0.25, 0.3) is 0 Å². The zero-order valence-electron chi connectivity index (χ0n) is 18.7. The molecule has 0 N–H and O–H groups in total. The van der Waals surface area contributed by atoms with Crippen LogP contribution in [0, 0.1) is 24.7 Å². The lowest BCUT2D eigenvalue weighted by Crippen LogP contribution is -2.65. The van der Waals surface area contributed by atoms with E-state index in [9.17, 15) is 4.79 Å². The number of aryl methyl sites for hydroxylation is 2. The molecular weight excluding hydrogens is 360 g/mol. The SMILES string of the molecule is CCCc1nc(C)cc(N2C[C@H]3C[C@@H](C2)[C@H](CCC(C)C)N2C(=O)CCC[C@@H]32)n1. The van der Waals surface area contributed by atoms with Gasteiger partial charge in [0.1, 0.15) is 11.6 Å². The van der Waals surface area contributed by atoms with Crippen molar-refractivity contribution in [2.24, 2.45) is 17.8 Å². The maximum atomic E-state index is 12.9. The molecule has 160 valence electrons. The average Bonchev–Trinajstić information content (AvgIpc) is 2.68. The summed E-state index contributed by atoms with van der Waals surface area (Å²) in [6, 6.07) is 3.01. The summed E-state index contributed by atoms with van der Waals surface area (Å²) in [6.07, 6.45) is 8.64. The predicted octanol–water partition coefficient (Wildman–Crippen LogP) is 4.38. The average molecular weight is 399 g/mol. The maximum absolute atomic E-state index is 12.9. The molecule has 0 spiro atoms. The van der Waals surface area contributed by atoms with E-state index in [1.54, 1.807) is 0 Å². The Morgan fingerprint density at radius 1 is 1.21 bits per heavy atom. The molecule has 0 aromatic carbocycles. The van der Waals surface area contributed by atoms with E-state index in [4.69, 9.17) is 4.98 Å². The van der Waals surface area contributed by atoms with Gasteiger partial charge in [0.25, 0.3) is 0 Å². The lowest BCUT2D eigenvalue weighted by molar-refractivity contribution is -0.149. The van der Waals surface area contributed by atoms with Crippen molar-refractivity contribution < 1.29 is 4.79 Å². The molecule has 0 aliphatic carbocycles. The van der Waals surface area contributed by atoms with Crippen molar-refractivity contribution in [2.45, 2.75) is 91.1 Å². The number of carbonyl (C=O) groups is 1. The van der Waals surface area contributed by atoms with Gasteiger partial charge in [-0.1, -0.05) is 20.8 Å². The molecule has 3 fully saturated rings. The molecule has 5 heteroatoms. The van der Waals surface area contributed by atoms with Crippen molar-refractivity contribution in [3.8, 4) is 0 Å². The van der Waals surface area contributed by atoms with Gasteiger partial charge in [-0.2, -0.15) is 0 Å². The standard InChI is InChI=1S/C24H38N4O/c1-5-7-22-25-17(4)12-23(26-22)27-14-18-13-19(15-27)21(11-10-16(2)3)28-20(18)8-6-9-24(28)29/h12,16,18-21H,5-11,13-15H2,1-4H3/t18-,19+,20+,21+/m1/s1. The second-order valence-electron chi connectivity index (χ2n) is 9.99. The van der Waals surface area contributed by atoms with Crippen LogP contribution in [0.2, 0.25) is 0 Å². The first kappa shape index (κ1) is 20.6. The largest absolute Gasteiger partial charge is 0.356 e. The van der Waals surface area contributed by atoms with Crippen LogP contribution in [0.15, 0.2) is 6.07 Å². The van der Waals surface area contributed by atoms with Gasteiger partial charge in [-0.05, 0) is 63.2 Å². The molecule has 1 amide bonds. The van der Waals surface area contributed by atoms with Crippen LogP contribution < -0.4 is 4.90 Å². The van der Waals surface area contributed by atoms with E-state index < -0.39 is 0 Å². The monoisotopic (exact) mass is 398 g/mol. The van der Waals surface area contributed by atoms with Crippen molar-refractivity contribution in [1.29, 1.82) is 0 Å². The Bertz CT molecular complexity index is 734. The molecule has 4 rings (SSSR count). The first-order valence-electron chi connectivity index (χ1n) is 11.9. The summed E-state index contributed by atoms with van der Waals surface area (Å²) in [5.74, 6) is 4.33. The first-order chi connectivity index (χ1) is 14.0. The van der Waals surface area contributed by atoms with Gasteiger partial charge in [-0.3, -0.25) is 4.79 Å². The third kappa shape index (κ3) is 4.29. The summed E-state index contributed by atoms with van der Waals surface area (Å²) < 4.78 is 0. The molecule has 4 atom stereocenters. The van der Waals surface area contributed by atoms with Crippen LogP contribution in [-0.4, -0.2) is 45.9 Å². The highest BCUT2D eigenvalue weighted by Crippen LogP contribution is 2.43. The van der Waals surface area contributed by atoms with Crippen molar-refractivity contribution in [3.63, 3.8) is 0 Å². The molecule has 3 aliphatic heterocycles. The van der Waals surface area contributed by atoms with Gasteiger partial charge in [-0.25, -0.2) is 9.97 Å². The van der Waals surface area contributed by atoms with E-state index in [2.05, 4.69) is 48.5 Å². The number of carbonyl (C=O) groups excluding carboxylic acids is 1. The van der Waals surface area contributed by atoms with Gasteiger partial charge >= 0.3 is 0 Å². The van der Waals surface area contributed by atoms with Crippen LogP contribution in [0.1, 0.15) is 77.2 Å². The molecule has 2 bridgehead atoms. The summed E-state index contributed by atoms with van der Waals surface area (Å²) in [4.78, 5) is 27.4. The van der Waals surface area contributed by atoms with Crippen LogP contribution >= 0.6 is 0 Å². The Hall–Kier alpha value is -1.65. The van der Waals surface area contributed by atoms with Gasteiger partial charge in [0.15, 0.2) is 0 Å². The number of rotatable bonds is 6. The highest BCUT2D eigenvalue weighted by Gasteiger charge is 2.49. The molecule has 0 unspecified atom stereocenters. The maximum Gasteiger partial charge on any atom is 0.223 e. The van der Waals surface area contributed by atoms with Crippen molar-refractivity contribution in [1.82, 2.24) is 14.9 Å². The number of nitrogens with zero attached hydrogens (tertiary/aromatic N) is 4. The van der Waals surface area contributed by atoms with Gasteiger partial charge in [0, 0.05) is 49.8 Å². The van der Waals surface area contributed by atoms with E-state index in [1.807, 2.05) is 0 Å². The summed E-state index contributed by atoms with van der Waals surface area (Å²) in [5.41, 5.74) is 1.07. The number of piperidine rings is 3. The first-order valence-corrected chi connectivity index (χ1v) is 11.9. The smallest absolute Gasteiger partial charge is 0.223 e. The van der Waals surface area contributed by atoms with E-state index in [0.29, 0.717) is 35.7 Å². The van der Waals surface area contributed by atoms with E-state index in [1.165, 1.54) is 19.3 Å². The predicted molar refractivity (Wildman–Crippen MR) is 117 cm³/mol. The number of anilines is 1. The van der Waals surface area contributed by atoms with Crippen LogP contribution in [0.3, 0.4) is 0 Å². The molecule has 1 aromatic rings. The van der Waals surface area contributed by atoms with E-state index in [-0.39, 0.29) is 0 Å². The van der Waals surface area contributed by atoms with E-state index >= 15 is 0 Å². The molecule has 3 aliphatic rings. The zero-order valence-corrected chi connectivity index (χ0v) is 18.7. The quantitative estimate of drug-likeness (QED) is 0.713. The second kappa shape index (κ2) is 8.61. The van der Waals surface area contributed by atoms with Crippen molar-refractivity contribution in [3.05, 3.63) is 17.6 Å². The Balaban J connectivity index is 1.61. The Labute approximate surface area is 176 Å². The van der Waals surface area contributed by atoms with Gasteiger partial charge in [0.2, 0.25) is 5.91 Å². The molecular formula is C24H38N4O. The Morgan fingerprint density at radius 3 is 2.76 bits per heavy atom. The zero-order chi connectivity index (χ0) is 20.5. The van der Waals surface area contributed by atoms with Crippen LogP contribution in [-0.2, 0) is 11.2 Å². The fraction of sp³-hybridized carbons (Fsp3) is 0.792. The fourth-order valence-corrected chi connectivity index (χ4v) is 5.95. The Kier molecular flexibility index (Phi) is 6.12. The van der Waals surface area contributed by atoms with Gasteiger partial charge in [0.05, 0.1) is 0 Å². The number of hydrogen-bond acceptors (Lipinski definition) is 4. The third-order valence-corrected chi connectivity index (χ3v) is 7.22. The highest BCUT2D eigenvalue weighted by molar-refractivity contribution is 5.78. The molecule has 5 nitrogen and oxygen atoms in total. The van der Waals surface area contributed by atoms with E-state index in [0.717, 1.165) is 62.5 Å². The normalized spacial score (nSPS) is 29.3. The van der Waals surface area contributed by atoms with Crippen LogP contribution in [0.4, 0.5) is 5.82 Å². The summed E-state index contributed by atoms with van der Waals surface area (Å²) in [5, 5.41) is 0. The van der Waals surface area contributed by atoms with Gasteiger partial charge in [-0.15, -0.1) is 0 Å².